The molecule has 0 saturated carbocycles. The van der Waals surface area contributed by atoms with Crippen LogP contribution < -0.4 is 5.14 Å². The Bertz CT molecular complexity index is 1130. The molecule has 27 heavy (non-hydrogen) atoms. The molecule has 1 heterocycles. The van der Waals surface area contributed by atoms with Gasteiger partial charge in [0.1, 0.15) is 11.5 Å². The molecule has 0 aliphatic heterocycles. The first-order valence-corrected chi connectivity index (χ1v) is 9.31. The minimum Gasteiger partial charge on any atom is -0.455 e. The summed E-state index contributed by atoms with van der Waals surface area (Å²) in [4.78, 5) is 14.5. The number of rotatable bonds is 5. The van der Waals surface area contributed by atoms with E-state index >= 15 is 0 Å². The number of sulfonamides is 1. The van der Waals surface area contributed by atoms with E-state index in [1.807, 2.05) is 0 Å². The van der Waals surface area contributed by atoms with Gasteiger partial charge in [-0.05, 0) is 48.9 Å². The fourth-order valence-electron chi connectivity index (χ4n) is 2.44. The number of nitro benzene ring substituents is 1. The molecule has 0 spiro atoms. The molecule has 0 amide bonds. The first kappa shape index (κ1) is 18.5. The zero-order valence-electron chi connectivity index (χ0n) is 14.2. The number of hydrogen-bond acceptors (Lipinski definition) is 6. The average molecular weight is 385 g/mol. The van der Waals surface area contributed by atoms with E-state index in [0.29, 0.717) is 28.3 Å². The molecule has 0 saturated heterocycles. The maximum atomic E-state index is 11.6. The summed E-state index contributed by atoms with van der Waals surface area (Å²) < 4.78 is 28.8. The summed E-state index contributed by atoms with van der Waals surface area (Å²) in [6, 6.07) is 14.1. The van der Waals surface area contributed by atoms with Crippen LogP contribution in [0.15, 0.2) is 68.9 Å². The molecule has 0 aliphatic carbocycles. The summed E-state index contributed by atoms with van der Waals surface area (Å²) in [5.41, 5.74) is 1.64. The number of hydrogen-bond donors (Lipinski definition) is 1. The maximum absolute atomic E-state index is 11.6. The van der Waals surface area contributed by atoms with Crippen LogP contribution in [0, 0.1) is 17.0 Å². The van der Waals surface area contributed by atoms with Crippen molar-refractivity contribution in [3.63, 3.8) is 0 Å². The fraction of sp³-hybridized carbons (Fsp3) is 0.0556. The summed E-state index contributed by atoms with van der Waals surface area (Å²) in [5, 5.41) is 15.9. The molecule has 0 atom stereocenters. The summed E-state index contributed by atoms with van der Waals surface area (Å²) in [5.74, 6) is 0.974. The van der Waals surface area contributed by atoms with Gasteiger partial charge in [-0.25, -0.2) is 13.6 Å². The van der Waals surface area contributed by atoms with Crippen molar-refractivity contribution >= 4 is 27.6 Å². The van der Waals surface area contributed by atoms with Crippen LogP contribution >= 0.6 is 0 Å². The lowest BCUT2D eigenvalue weighted by molar-refractivity contribution is -0.384. The van der Waals surface area contributed by atoms with Gasteiger partial charge in [0.05, 0.1) is 21.7 Å². The Hall–Kier alpha value is -3.30. The Morgan fingerprint density at radius 2 is 1.81 bits per heavy atom. The van der Waals surface area contributed by atoms with Crippen molar-refractivity contribution in [2.24, 2.45) is 10.1 Å². The highest BCUT2D eigenvalue weighted by molar-refractivity contribution is 7.89. The Balaban J connectivity index is 1.82. The molecule has 0 aliphatic rings. The minimum absolute atomic E-state index is 0.00266. The van der Waals surface area contributed by atoms with Crippen LogP contribution in [0.3, 0.4) is 0 Å². The number of aliphatic imine (C=N–C) groups is 1. The summed E-state index contributed by atoms with van der Waals surface area (Å²) in [6.07, 6.45) is 1.45. The number of nitro groups is 1. The van der Waals surface area contributed by atoms with Crippen molar-refractivity contribution in [2.75, 3.05) is 0 Å². The first-order chi connectivity index (χ1) is 12.7. The van der Waals surface area contributed by atoms with Crippen LogP contribution in [-0.2, 0) is 10.0 Å². The number of primary sulfonamides is 1. The van der Waals surface area contributed by atoms with E-state index in [9.17, 15) is 18.5 Å². The number of nitrogens with two attached hydrogens (primary N) is 1. The van der Waals surface area contributed by atoms with Crippen LogP contribution in [-0.4, -0.2) is 19.6 Å². The SMILES string of the molecule is Cc1ccc(N=Cc2ccc(-c3ccc([N+](=O)[O-])cc3)o2)cc1S(N)(=O)=O. The number of aryl methyl sites for hydroxylation is 1. The van der Waals surface area contributed by atoms with Crippen molar-refractivity contribution in [2.45, 2.75) is 11.8 Å². The van der Waals surface area contributed by atoms with Gasteiger partial charge < -0.3 is 4.42 Å². The number of benzene rings is 2. The summed E-state index contributed by atoms with van der Waals surface area (Å²) in [7, 11) is -3.83. The standard InChI is InChI=1S/C18H15N3O5S/c1-12-2-5-14(10-18(12)27(19,24)25)20-11-16-8-9-17(26-16)13-3-6-15(7-4-13)21(22)23/h2-11H,1H3,(H2,19,24,25). The molecule has 0 unspecified atom stereocenters. The Morgan fingerprint density at radius 3 is 2.44 bits per heavy atom. The third kappa shape index (κ3) is 4.27. The van der Waals surface area contributed by atoms with Gasteiger partial charge in [0.2, 0.25) is 10.0 Å². The van der Waals surface area contributed by atoms with Crippen molar-refractivity contribution < 1.29 is 17.8 Å². The predicted octanol–water partition coefficient (Wildman–Crippen LogP) is 3.56. The Labute approximate surface area is 155 Å². The van der Waals surface area contributed by atoms with Crippen molar-refractivity contribution in [3.05, 3.63) is 76.0 Å². The lowest BCUT2D eigenvalue weighted by Crippen LogP contribution is -2.13. The molecule has 2 aromatic carbocycles. The third-order valence-corrected chi connectivity index (χ3v) is 4.86. The Kier molecular flexibility index (Phi) is 4.89. The Morgan fingerprint density at radius 1 is 1.11 bits per heavy atom. The lowest BCUT2D eigenvalue weighted by Gasteiger charge is -2.03. The molecular weight excluding hydrogens is 370 g/mol. The zero-order chi connectivity index (χ0) is 19.6. The molecule has 0 fully saturated rings. The summed E-state index contributed by atoms with van der Waals surface area (Å²) in [6.45, 7) is 1.65. The van der Waals surface area contributed by atoms with E-state index < -0.39 is 14.9 Å². The average Bonchev–Trinajstić information content (AvgIpc) is 3.09. The van der Waals surface area contributed by atoms with Gasteiger partial charge in [-0.3, -0.25) is 15.1 Å². The van der Waals surface area contributed by atoms with Gasteiger partial charge in [0, 0.05) is 17.7 Å². The molecule has 1 aromatic heterocycles. The topological polar surface area (TPSA) is 129 Å². The smallest absolute Gasteiger partial charge is 0.269 e. The second kappa shape index (κ2) is 7.14. The molecule has 138 valence electrons. The fourth-order valence-corrected chi connectivity index (χ4v) is 3.24. The van der Waals surface area contributed by atoms with Gasteiger partial charge in [-0.1, -0.05) is 6.07 Å². The van der Waals surface area contributed by atoms with E-state index in [1.54, 1.807) is 43.3 Å². The highest BCUT2D eigenvalue weighted by atomic mass is 32.2. The molecule has 3 rings (SSSR count). The normalized spacial score (nSPS) is 11.8. The monoisotopic (exact) mass is 385 g/mol. The highest BCUT2D eigenvalue weighted by Crippen LogP contribution is 2.25. The third-order valence-electron chi connectivity index (χ3n) is 3.81. The molecule has 3 aromatic rings. The van der Waals surface area contributed by atoms with Gasteiger partial charge in [0.15, 0.2) is 0 Å². The van der Waals surface area contributed by atoms with E-state index in [2.05, 4.69) is 4.99 Å². The van der Waals surface area contributed by atoms with E-state index in [-0.39, 0.29) is 10.6 Å². The minimum atomic E-state index is -3.83. The van der Waals surface area contributed by atoms with Crippen LogP contribution in [0.4, 0.5) is 11.4 Å². The van der Waals surface area contributed by atoms with Crippen LogP contribution in [0.2, 0.25) is 0 Å². The molecular formula is C18H15N3O5S. The van der Waals surface area contributed by atoms with Gasteiger partial charge in [-0.2, -0.15) is 0 Å². The number of nitrogens with zero attached hydrogens (tertiary/aromatic N) is 2. The largest absolute Gasteiger partial charge is 0.455 e. The highest BCUT2D eigenvalue weighted by Gasteiger charge is 2.12. The first-order valence-electron chi connectivity index (χ1n) is 7.76. The van der Waals surface area contributed by atoms with Gasteiger partial charge >= 0.3 is 0 Å². The number of furan rings is 1. The van der Waals surface area contributed by atoms with E-state index in [4.69, 9.17) is 9.56 Å². The molecule has 0 bridgehead atoms. The van der Waals surface area contributed by atoms with Crippen molar-refractivity contribution in [1.29, 1.82) is 0 Å². The van der Waals surface area contributed by atoms with Crippen molar-refractivity contribution in [3.8, 4) is 11.3 Å². The summed E-state index contributed by atoms with van der Waals surface area (Å²) >= 11 is 0. The zero-order valence-corrected chi connectivity index (χ0v) is 15.0. The second-order valence-corrected chi connectivity index (χ2v) is 7.29. The van der Waals surface area contributed by atoms with Crippen molar-refractivity contribution in [1.82, 2.24) is 0 Å². The predicted molar refractivity (Wildman–Crippen MR) is 101 cm³/mol. The van der Waals surface area contributed by atoms with Crippen LogP contribution in [0.5, 0.6) is 0 Å². The molecule has 0 radical (unpaired) electrons. The molecule has 8 nitrogen and oxygen atoms in total. The maximum Gasteiger partial charge on any atom is 0.269 e. The molecule has 2 N–H and O–H groups in total. The van der Waals surface area contributed by atoms with E-state index in [0.717, 1.165) is 0 Å². The number of non-ortho nitro benzene ring substituents is 1. The van der Waals surface area contributed by atoms with Crippen LogP contribution in [0.25, 0.3) is 11.3 Å². The quantitative estimate of drug-likeness (QED) is 0.408. The second-order valence-electron chi connectivity index (χ2n) is 5.76. The molecule has 9 heteroatoms. The van der Waals surface area contributed by atoms with Gasteiger partial charge in [0.25, 0.3) is 5.69 Å². The van der Waals surface area contributed by atoms with Gasteiger partial charge in [-0.15, -0.1) is 0 Å². The van der Waals surface area contributed by atoms with E-state index in [1.165, 1.54) is 24.4 Å². The lowest BCUT2D eigenvalue weighted by atomic mass is 10.1. The van der Waals surface area contributed by atoms with Crippen LogP contribution in [0.1, 0.15) is 11.3 Å².